The van der Waals surface area contributed by atoms with Gasteiger partial charge in [-0.15, -0.1) is 0 Å². The van der Waals surface area contributed by atoms with Crippen molar-refractivity contribution >= 4 is 29.3 Å². The van der Waals surface area contributed by atoms with Gasteiger partial charge in [0.15, 0.2) is 0 Å². The zero-order chi connectivity index (χ0) is 15.2. The van der Waals surface area contributed by atoms with Gasteiger partial charge in [0.2, 0.25) is 5.91 Å². The van der Waals surface area contributed by atoms with Crippen molar-refractivity contribution in [3.05, 3.63) is 70.8 Å². The van der Waals surface area contributed by atoms with E-state index >= 15 is 0 Å². The number of carbonyl (C=O) groups excluding carboxylic acids is 1. The molecule has 0 aromatic heterocycles. The molecule has 108 valence electrons. The van der Waals surface area contributed by atoms with Crippen LogP contribution in [0.25, 0.3) is 6.08 Å². The van der Waals surface area contributed by atoms with E-state index in [9.17, 15) is 4.79 Å². The van der Waals surface area contributed by atoms with Gasteiger partial charge in [-0.05, 0) is 35.4 Å². The van der Waals surface area contributed by atoms with Gasteiger partial charge in [-0.2, -0.15) is 0 Å². The maximum Gasteiger partial charge on any atom is 0.246 e. The number of hydrogen-bond acceptors (Lipinski definition) is 2. The van der Waals surface area contributed by atoms with Crippen molar-refractivity contribution in [1.82, 2.24) is 4.90 Å². The molecule has 2 aromatic carbocycles. The highest BCUT2D eigenvalue weighted by Crippen LogP contribution is 2.16. The zero-order valence-corrected chi connectivity index (χ0v) is 12.5. The number of nitrogens with two attached hydrogens (primary N) is 1. The molecule has 2 rings (SSSR count). The Morgan fingerprint density at radius 3 is 2.71 bits per heavy atom. The molecule has 0 aliphatic heterocycles. The fourth-order valence-corrected chi connectivity index (χ4v) is 2.11. The molecule has 2 aromatic rings. The van der Waals surface area contributed by atoms with Crippen molar-refractivity contribution in [2.45, 2.75) is 6.54 Å². The second-order valence-corrected chi connectivity index (χ2v) is 5.20. The summed E-state index contributed by atoms with van der Waals surface area (Å²) >= 11 is 6.09. The highest BCUT2D eigenvalue weighted by atomic mass is 35.5. The van der Waals surface area contributed by atoms with E-state index in [-0.39, 0.29) is 5.91 Å². The summed E-state index contributed by atoms with van der Waals surface area (Å²) in [5.74, 6) is -0.0858. The summed E-state index contributed by atoms with van der Waals surface area (Å²) in [5.41, 5.74) is 8.20. The van der Waals surface area contributed by atoms with Gasteiger partial charge < -0.3 is 10.6 Å². The molecule has 0 fully saturated rings. The summed E-state index contributed by atoms with van der Waals surface area (Å²) in [6.45, 7) is 0.472. The number of halogens is 1. The van der Waals surface area contributed by atoms with E-state index in [1.807, 2.05) is 48.5 Å². The summed E-state index contributed by atoms with van der Waals surface area (Å²) in [6.07, 6.45) is 3.29. The monoisotopic (exact) mass is 300 g/mol. The van der Waals surface area contributed by atoms with Crippen LogP contribution in [0.1, 0.15) is 11.1 Å². The Hall–Kier alpha value is -2.26. The Bertz CT molecular complexity index is 667. The van der Waals surface area contributed by atoms with Crippen LogP contribution in [0.4, 0.5) is 5.69 Å². The Labute approximate surface area is 129 Å². The number of amides is 1. The average Bonchev–Trinajstić information content (AvgIpc) is 2.47. The number of rotatable bonds is 4. The Balaban J connectivity index is 2.01. The molecule has 3 nitrogen and oxygen atoms in total. The zero-order valence-electron chi connectivity index (χ0n) is 11.8. The third kappa shape index (κ3) is 4.36. The van der Waals surface area contributed by atoms with Gasteiger partial charge in [-0.3, -0.25) is 4.79 Å². The molecule has 1 amide bonds. The molecule has 0 aliphatic rings. The van der Waals surface area contributed by atoms with Gasteiger partial charge in [0.25, 0.3) is 0 Å². The number of nitrogen functional groups attached to an aromatic ring is 1. The van der Waals surface area contributed by atoms with E-state index in [1.165, 1.54) is 6.08 Å². The molecule has 4 heteroatoms. The largest absolute Gasteiger partial charge is 0.399 e. The topological polar surface area (TPSA) is 46.3 Å². The first-order valence-corrected chi connectivity index (χ1v) is 6.96. The number of carbonyl (C=O) groups is 1. The molecule has 0 saturated heterocycles. The van der Waals surface area contributed by atoms with Crippen molar-refractivity contribution < 1.29 is 4.79 Å². The van der Waals surface area contributed by atoms with E-state index in [1.54, 1.807) is 18.0 Å². The smallest absolute Gasteiger partial charge is 0.246 e. The Morgan fingerprint density at radius 1 is 1.24 bits per heavy atom. The maximum atomic E-state index is 12.1. The minimum absolute atomic E-state index is 0.0858. The van der Waals surface area contributed by atoms with E-state index in [4.69, 9.17) is 17.3 Å². The lowest BCUT2D eigenvalue weighted by atomic mass is 10.2. The average molecular weight is 301 g/mol. The van der Waals surface area contributed by atoms with E-state index in [2.05, 4.69) is 0 Å². The van der Waals surface area contributed by atoms with E-state index < -0.39 is 0 Å². The number of nitrogens with zero attached hydrogens (tertiary/aromatic N) is 1. The molecule has 0 spiro atoms. The molecule has 0 heterocycles. The molecule has 2 N–H and O–H groups in total. The summed E-state index contributed by atoms with van der Waals surface area (Å²) < 4.78 is 0. The van der Waals surface area contributed by atoms with Crippen LogP contribution in [0.15, 0.2) is 54.6 Å². The van der Waals surface area contributed by atoms with Crippen molar-refractivity contribution in [2.75, 3.05) is 12.8 Å². The summed E-state index contributed by atoms with van der Waals surface area (Å²) in [4.78, 5) is 13.7. The number of benzene rings is 2. The predicted octanol–water partition coefficient (Wildman–Crippen LogP) is 3.59. The molecule has 0 atom stereocenters. The standard InChI is InChI=1S/C17H17ClN2O/c1-20(12-14-6-2-3-8-16(14)18)17(21)10-9-13-5-4-7-15(19)11-13/h2-11H,12,19H2,1H3/b10-9+. The van der Waals surface area contributed by atoms with Crippen LogP contribution in [-0.2, 0) is 11.3 Å². The third-order valence-corrected chi connectivity index (χ3v) is 3.44. The van der Waals surface area contributed by atoms with Crippen LogP contribution in [0, 0.1) is 0 Å². The van der Waals surface area contributed by atoms with Gasteiger partial charge >= 0.3 is 0 Å². The van der Waals surface area contributed by atoms with Gasteiger partial charge in [0, 0.05) is 30.4 Å². The highest BCUT2D eigenvalue weighted by molar-refractivity contribution is 6.31. The first-order chi connectivity index (χ1) is 10.1. The second kappa shape index (κ2) is 6.95. The third-order valence-electron chi connectivity index (χ3n) is 3.07. The highest BCUT2D eigenvalue weighted by Gasteiger charge is 2.07. The molecular formula is C17H17ClN2O. The van der Waals surface area contributed by atoms with Crippen molar-refractivity contribution in [2.24, 2.45) is 0 Å². The van der Waals surface area contributed by atoms with Gasteiger partial charge in [-0.1, -0.05) is 41.9 Å². The summed E-state index contributed by atoms with van der Waals surface area (Å²) in [5, 5.41) is 0.664. The van der Waals surface area contributed by atoms with E-state index in [0.29, 0.717) is 17.3 Å². The molecule has 0 bridgehead atoms. The van der Waals surface area contributed by atoms with Crippen LogP contribution >= 0.6 is 11.6 Å². The fraction of sp³-hybridized carbons (Fsp3) is 0.118. The van der Waals surface area contributed by atoms with Crippen molar-refractivity contribution in [3.63, 3.8) is 0 Å². The van der Waals surface area contributed by atoms with Crippen LogP contribution in [0.2, 0.25) is 5.02 Å². The SMILES string of the molecule is CN(Cc1ccccc1Cl)C(=O)/C=C/c1cccc(N)c1. The molecular weight excluding hydrogens is 284 g/mol. The summed E-state index contributed by atoms with van der Waals surface area (Å²) in [6, 6.07) is 14.9. The van der Waals surface area contributed by atoms with Gasteiger partial charge in [0.05, 0.1) is 0 Å². The van der Waals surface area contributed by atoms with Crippen LogP contribution in [-0.4, -0.2) is 17.9 Å². The Kier molecular flexibility index (Phi) is 5.01. The van der Waals surface area contributed by atoms with E-state index in [0.717, 1.165) is 11.1 Å². The molecule has 0 radical (unpaired) electrons. The molecule has 21 heavy (non-hydrogen) atoms. The Morgan fingerprint density at radius 2 is 2.00 bits per heavy atom. The maximum absolute atomic E-state index is 12.1. The minimum Gasteiger partial charge on any atom is -0.399 e. The fourth-order valence-electron chi connectivity index (χ4n) is 1.92. The number of hydrogen-bond donors (Lipinski definition) is 1. The lowest BCUT2D eigenvalue weighted by Gasteiger charge is -2.16. The van der Waals surface area contributed by atoms with Crippen molar-refractivity contribution in [1.29, 1.82) is 0 Å². The predicted molar refractivity (Wildman–Crippen MR) is 87.8 cm³/mol. The van der Waals surface area contributed by atoms with Gasteiger partial charge in [-0.25, -0.2) is 0 Å². The van der Waals surface area contributed by atoms with Crippen LogP contribution < -0.4 is 5.73 Å². The molecule has 0 aliphatic carbocycles. The van der Waals surface area contributed by atoms with Crippen LogP contribution in [0.5, 0.6) is 0 Å². The first kappa shape index (κ1) is 15.1. The van der Waals surface area contributed by atoms with Crippen LogP contribution in [0.3, 0.4) is 0 Å². The minimum atomic E-state index is -0.0858. The van der Waals surface area contributed by atoms with Crippen molar-refractivity contribution in [3.8, 4) is 0 Å². The molecule has 0 unspecified atom stereocenters. The van der Waals surface area contributed by atoms with Gasteiger partial charge in [0.1, 0.15) is 0 Å². The normalized spacial score (nSPS) is 10.8. The lowest BCUT2D eigenvalue weighted by Crippen LogP contribution is -2.24. The lowest BCUT2D eigenvalue weighted by molar-refractivity contribution is -0.125. The number of likely N-dealkylation sites (N-methyl/N-ethyl adjacent to an activating group) is 1. The molecule has 0 saturated carbocycles. The number of anilines is 1. The summed E-state index contributed by atoms with van der Waals surface area (Å²) in [7, 11) is 1.75. The second-order valence-electron chi connectivity index (χ2n) is 4.79. The quantitative estimate of drug-likeness (QED) is 0.693. The first-order valence-electron chi connectivity index (χ1n) is 6.58.